The average Bonchev–Trinajstić information content (AvgIpc) is 2.89. The number of benzene rings is 1. The van der Waals surface area contributed by atoms with Crippen molar-refractivity contribution in [3.05, 3.63) is 41.9 Å². The lowest BCUT2D eigenvalue weighted by Gasteiger charge is -2.05. The van der Waals surface area contributed by atoms with Crippen molar-refractivity contribution in [1.82, 2.24) is 9.97 Å². The lowest BCUT2D eigenvalue weighted by Crippen LogP contribution is -2.11. The molecule has 0 radical (unpaired) electrons. The third kappa shape index (κ3) is 2.58. The lowest BCUT2D eigenvalue weighted by molar-refractivity contribution is 0.609. The van der Waals surface area contributed by atoms with Crippen molar-refractivity contribution >= 4 is 0 Å². The summed E-state index contributed by atoms with van der Waals surface area (Å²) in [6.45, 7) is 2.10. The van der Waals surface area contributed by atoms with E-state index in [0.29, 0.717) is 5.56 Å². The van der Waals surface area contributed by atoms with Gasteiger partial charge in [0.2, 0.25) is 0 Å². The predicted molar refractivity (Wildman–Crippen MR) is 70.6 cm³/mol. The summed E-state index contributed by atoms with van der Waals surface area (Å²) in [5.41, 5.74) is 8.50. The van der Waals surface area contributed by atoms with Crippen molar-refractivity contribution in [1.29, 1.82) is 5.26 Å². The van der Waals surface area contributed by atoms with Crippen LogP contribution in [-0.2, 0) is 0 Å². The van der Waals surface area contributed by atoms with Crippen LogP contribution in [0.15, 0.2) is 30.5 Å². The summed E-state index contributed by atoms with van der Waals surface area (Å²) in [7, 11) is 0. The van der Waals surface area contributed by atoms with Gasteiger partial charge >= 0.3 is 0 Å². The Bertz CT molecular complexity index is 565. The normalized spacial score (nSPS) is 12.1. The summed E-state index contributed by atoms with van der Waals surface area (Å²) < 4.78 is 0. The zero-order valence-electron chi connectivity index (χ0n) is 10.4. The second kappa shape index (κ2) is 5.48. The van der Waals surface area contributed by atoms with Gasteiger partial charge in [-0.3, -0.25) is 0 Å². The molecule has 0 aliphatic rings. The van der Waals surface area contributed by atoms with Crippen LogP contribution in [0.25, 0.3) is 11.3 Å². The van der Waals surface area contributed by atoms with Crippen LogP contribution < -0.4 is 5.73 Å². The Labute approximate surface area is 106 Å². The molecule has 1 atom stereocenters. The number of nitriles is 1. The minimum atomic E-state index is -0.0529. The van der Waals surface area contributed by atoms with Gasteiger partial charge in [0.05, 0.1) is 29.6 Å². The molecule has 0 bridgehead atoms. The summed E-state index contributed by atoms with van der Waals surface area (Å²) in [5, 5.41) is 8.88. The van der Waals surface area contributed by atoms with E-state index >= 15 is 0 Å². The van der Waals surface area contributed by atoms with Crippen LogP contribution in [0.2, 0.25) is 0 Å². The van der Waals surface area contributed by atoms with Gasteiger partial charge in [-0.15, -0.1) is 0 Å². The molecule has 0 aliphatic heterocycles. The number of nitrogens with two attached hydrogens (primary N) is 1. The molecule has 2 aromatic rings. The number of nitrogens with zero attached hydrogens (tertiary/aromatic N) is 2. The average molecular weight is 240 g/mol. The third-order valence-corrected chi connectivity index (χ3v) is 2.85. The van der Waals surface area contributed by atoms with Crippen LogP contribution in [0.3, 0.4) is 0 Å². The highest BCUT2D eigenvalue weighted by molar-refractivity contribution is 5.60. The molecule has 0 saturated carbocycles. The van der Waals surface area contributed by atoms with Crippen molar-refractivity contribution in [2.45, 2.75) is 25.8 Å². The summed E-state index contributed by atoms with van der Waals surface area (Å²) in [4.78, 5) is 7.52. The SMILES string of the molecule is CCCC(N)c1ncc(-c2cccc(C#N)c2)[nH]1. The van der Waals surface area contributed by atoms with Gasteiger partial charge in [-0.2, -0.15) is 5.26 Å². The van der Waals surface area contributed by atoms with E-state index in [0.717, 1.165) is 29.9 Å². The number of rotatable bonds is 4. The fraction of sp³-hybridized carbons (Fsp3) is 0.286. The molecule has 0 amide bonds. The largest absolute Gasteiger partial charge is 0.341 e. The summed E-state index contributed by atoms with van der Waals surface area (Å²) in [6.07, 6.45) is 3.70. The fourth-order valence-electron chi connectivity index (χ4n) is 1.88. The van der Waals surface area contributed by atoms with Gasteiger partial charge < -0.3 is 10.7 Å². The zero-order chi connectivity index (χ0) is 13.0. The number of nitrogens with one attached hydrogen (secondary N) is 1. The van der Waals surface area contributed by atoms with Crippen molar-refractivity contribution < 1.29 is 0 Å². The molecule has 0 fully saturated rings. The first-order valence-electron chi connectivity index (χ1n) is 6.05. The van der Waals surface area contributed by atoms with Gasteiger partial charge in [0.1, 0.15) is 5.82 Å². The van der Waals surface area contributed by atoms with Crippen molar-refractivity contribution in [2.75, 3.05) is 0 Å². The maximum atomic E-state index is 8.88. The zero-order valence-corrected chi connectivity index (χ0v) is 10.4. The smallest absolute Gasteiger partial charge is 0.123 e. The Kier molecular flexibility index (Phi) is 3.75. The summed E-state index contributed by atoms with van der Waals surface area (Å²) in [5.74, 6) is 0.800. The highest BCUT2D eigenvalue weighted by Crippen LogP contribution is 2.21. The standard InChI is InChI=1S/C14H16N4/c1-2-4-12(16)14-17-9-13(18-14)11-6-3-5-10(7-11)8-15/h3,5-7,9,12H,2,4,16H2,1H3,(H,17,18). The monoisotopic (exact) mass is 240 g/mol. The van der Waals surface area contributed by atoms with Crippen LogP contribution >= 0.6 is 0 Å². The molecule has 4 nitrogen and oxygen atoms in total. The van der Waals surface area contributed by atoms with Crippen molar-refractivity contribution in [3.8, 4) is 17.3 Å². The number of hydrogen-bond acceptors (Lipinski definition) is 3. The predicted octanol–water partition coefficient (Wildman–Crippen LogP) is 2.75. The number of H-pyrrole nitrogens is 1. The minimum Gasteiger partial charge on any atom is -0.341 e. The molecule has 1 aromatic carbocycles. The Hall–Kier alpha value is -2.12. The van der Waals surface area contributed by atoms with Gasteiger partial charge in [0, 0.05) is 5.56 Å². The second-order valence-electron chi connectivity index (χ2n) is 4.27. The lowest BCUT2D eigenvalue weighted by atomic mass is 10.1. The summed E-state index contributed by atoms with van der Waals surface area (Å²) in [6, 6.07) is 9.50. The molecule has 92 valence electrons. The molecule has 1 unspecified atom stereocenters. The highest BCUT2D eigenvalue weighted by atomic mass is 15.0. The molecule has 3 N–H and O–H groups in total. The van der Waals surface area contributed by atoms with Crippen LogP contribution in [-0.4, -0.2) is 9.97 Å². The molecule has 0 aliphatic carbocycles. The minimum absolute atomic E-state index is 0.0529. The molecule has 4 heteroatoms. The highest BCUT2D eigenvalue weighted by Gasteiger charge is 2.10. The number of imidazole rings is 1. The van der Waals surface area contributed by atoms with E-state index in [9.17, 15) is 0 Å². The molecular formula is C14H16N4. The van der Waals surface area contributed by atoms with Gasteiger partial charge in [0.25, 0.3) is 0 Å². The van der Waals surface area contributed by atoms with Crippen LogP contribution in [0.1, 0.15) is 37.2 Å². The van der Waals surface area contributed by atoms with Crippen molar-refractivity contribution in [3.63, 3.8) is 0 Å². The van der Waals surface area contributed by atoms with Gasteiger partial charge in [-0.1, -0.05) is 25.5 Å². The second-order valence-corrected chi connectivity index (χ2v) is 4.27. The Balaban J connectivity index is 2.26. The Morgan fingerprint density at radius 2 is 2.33 bits per heavy atom. The van der Waals surface area contributed by atoms with Gasteiger partial charge in [-0.05, 0) is 18.6 Å². The van der Waals surface area contributed by atoms with E-state index in [1.54, 1.807) is 12.3 Å². The summed E-state index contributed by atoms with van der Waals surface area (Å²) >= 11 is 0. The van der Waals surface area contributed by atoms with Crippen LogP contribution in [0, 0.1) is 11.3 Å². The third-order valence-electron chi connectivity index (χ3n) is 2.85. The molecular weight excluding hydrogens is 224 g/mol. The quantitative estimate of drug-likeness (QED) is 0.862. The van der Waals surface area contributed by atoms with Crippen LogP contribution in [0.4, 0.5) is 0 Å². The van der Waals surface area contributed by atoms with E-state index in [4.69, 9.17) is 11.0 Å². The Morgan fingerprint density at radius 1 is 1.50 bits per heavy atom. The van der Waals surface area contributed by atoms with E-state index in [2.05, 4.69) is 23.0 Å². The topological polar surface area (TPSA) is 78.5 Å². The molecule has 0 spiro atoms. The van der Waals surface area contributed by atoms with E-state index in [1.807, 2.05) is 18.2 Å². The Morgan fingerprint density at radius 3 is 3.06 bits per heavy atom. The first kappa shape index (κ1) is 12.3. The van der Waals surface area contributed by atoms with E-state index in [-0.39, 0.29) is 6.04 Å². The number of aromatic nitrogens is 2. The van der Waals surface area contributed by atoms with E-state index in [1.165, 1.54) is 0 Å². The first-order chi connectivity index (χ1) is 8.74. The fourth-order valence-corrected chi connectivity index (χ4v) is 1.88. The van der Waals surface area contributed by atoms with Gasteiger partial charge in [0.15, 0.2) is 0 Å². The van der Waals surface area contributed by atoms with E-state index < -0.39 is 0 Å². The maximum absolute atomic E-state index is 8.88. The molecule has 1 aromatic heterocycles. The maximum Gasteiger partial charge on any atom is 0.123 e. The molecule has 2 rings (SSSR count). The molecule has 18 heavy (non-hydrogen) atoms. The van der Waals surface area contributed by atoms with Crippen LogP contribution in [0.5, 0.6) is 0 Å². The number of hydrogen-bond donors (Lipinski definition) is 2. The first-order valence-corrected chi connectivity index (χ1v) is 6.05. The van der Waals surface area contributed by atoms with Gasteiger partial charge in [-0.25, -0.2) is 4.98 Å². The molecule has 1 heterocycles. The number of aromatic amines is 1. The van der Waals surface area contributed by atoms with Crippen molar-refractivity contribution in [2.24, 2.45) is 5.73 Å². The molecule has 0 saturated heterocycles.